The zero-order valence-electron chi connectivity index (χ0n) is 22.0. The highest BCUT2D eigenvalue weighted by Crippen LogP contribution is 2.23. The van der Waals surface area contributed by atoms with Gasteiger partial charge in [-0.1, -0.05) is 77.3 Å². The Morgan fingerprint density at radius 1 is 0.694 bits per heavy atom. The molecule has 0 bridgehead atoms. The van der Waals surface area contributed by atoms with Gasteiger partial charge >= 0.3 is 5.97 Å². The van der Waals surface area contributed by atoms with E-state index in [1.54, 1.807) is 12.3 Å². The Morgan fingerprint density at radius 2 is 1.33 bits per heavy atom. The highest BCUT2D eigenvalue weighted by Gasteiger charge is 2.10. The first-order valence-electron chi connectivity index (χ1n) is 13.7. The van der Waals surface area contributed by atoms with E-state index in [-0.39, 0.29) is 5.97 Å². The molecule has 0 amide bonds. The molecule has 0 radical (unpaired) electrons. The summed E-state index contributed by atoms with van der Waals surface area (Å²) in [5.41, 5.74) is 3.63. The number of benzene rings is 2. The van der Waals surface area contributed by atoms with Gasteiger partial charge in [0.05, 0.1) is 24.1 Å². The zero-order valence-corrected chi connectivity index (χ0v) is 22.0. The van der Waals surface area contributed by atoms with E-state index in [0.29, 0.717) is 11.3 Å². The van der Waals surface area contributed by atoms with E-state index >= 15 is 0 Å². The number of aryl methyl sites for hydroxylation is 1. The van der Waals surface area contributed by atoms with Crippen LogP contribution in [-0.4, -0.2) is 17.6 Å². The lowest BCUT2D eigenvalue weighted by Crippen LogP contribution is -2.08. The van der Waals surface area contributed by atoms with Gasteiger partial charge in [0, 0.05) is 5.56 Å². The van der Waals surface area contributed by atoms with Crippen molar-refractivity contribution >= 4 is 5.97 Å². The summed E-state index contributed by atoms with van der Waals surface area (Å²) in [5.74, 6) is 0.948. The Morgan fingerprint density at radius 3 is 1.97 bits per heavy atom. The van der Waals surface area contributed by atoms with E-state index in [1.165, 1.54) is 63.4 Å². The van der Waals surface area contributed by atoms with Crippen LogP contribution >= 0.6 is 0 Å². The molecule has 3 aromatic rings. The number of carbonyl (C=O) groups is 1. The Bertz CT molecular complexity index is 1010. The normalized spacial score (nSPS) is 10.8. The monoisotopic (exact) mass is 487 g/mol. The molecule has 0 aliphatic rings. The van der Waals surface area contributed by atoms with Crippen molar-refractivity contribution in [1.29, 1.82) is 0 Å². The number of hydrogen-bond donors (Lipinski definition) is 0. The number of unbranched alkanes of at least 4 members (excludes halogenated alkanes) is 8. The average Bonchev–Trinajstić information content (AvgIpc) is 2.92. The van der Waals surface area contributed by atoms with E-state index in [9.17, 15) is 4.79 Å². The van der Waals surface area contributed by atoms with Crippen LogP contribution in [0.4, 0.5) is 0 Å². The topological polar surface area (TPSA) is 48.4 Å². The third kappa shape index (κ3) is 9.49. The fraction of sp³-hybridized carbons (Fsp3) is 0.438. The Hall–Kier alpha value is -3.14. The first-order chi connectivity index (χ1) is 17.7. The molecular formula is C32H41NO3. The first kappa shape index (κ1) is 27.4. The molecule has 192 valence electrons. The van der Waals surface area contributed by atoms with E-state index in [2.05, 4.69) is 18.8 Å². The van der Waals surface area contributed by atoms with Gasteiger partial charge in [-0.25, -0.2) is 4.79 Å². The Labute approximate surface area is 217 Å². The first-order valence-corrected chi connectivity index (χ1v) is 13.7. The number of hydrogen-bond acceptors (Lipinski definition) is 4. The molecule has 0 fully saturated rings. The van der Waals surface area contributed by atoms with Gasteiger partial charge in [0.2, 0.25) is 0 Å². The van der Waals surface area contributed by atoms with Crippen LogP contribution in [0, 0.1) is 0 Å². The number of carbonyl (C=O) groups excluding carboxylic acids is 1. The van der Waals surface area contributed by atoms with E-state index in [1.807, 2.05) is 54.6 Å². The molecule has 4 heteroatoms. The number of aromatic nitrogens is 1. The lowest BCUT2D eigenvalue weighted by molar-refractivity contribution is 0.0734. The van der Waals surface area contributed by atoms with Crippen molar-refractivity contribution in [3.8, 4) is 22.8 Å². The smallest absolute Gasteiger partial charge is 0.343 e. The second-order valence-corrected chi connectivity index (χ2v) is 9.42. The summed E-state index contributed by atoms with van der Waals surface area (Å²) in [6.07, 6.45) is 15.1. The largest absolute Gasteiger partial charge is 0.494 e. The predicted octanol–water partition coefficient (Wildman–Crippen LogP) is 8.83. The molecule has 0 saturated heterocycles. The maximum Gasteiger partial charge on any atom is 0.343 e. The molecule has 0 atom stereocenters. The van der Waals surface area contributed by atoms with Crippen molar-refractivity contribution in [1.82, 2.24) is 4.98 Å². The summed E-state index contributed by atoms with van der Waals surface area (Å²) >= 11 is 0. The van der Waals surface area contributed by atoms with Gasteiger partial charge in [-0.3, -0.25) is 4.98 Å². The molecule has 0 saturated carbocycles. The van der Waals surface area contributed by atoms with Crippen molar-refractivity contribution in [2.24, 2.45) is 0 Å². The van der Waals surface area contributed by atoms with Crippen molar-refractivity contribution in [3.63, 3.8) is 0 Å². The van der Waals surface area contributed by atoms with Gasteiger partial charge in [-0.15, -0.1) is 0 Å². The van der Waals surface area contributed by atoms with Gasteiger partial charge in [-0.2, -0.15) is 0 Å². The van der Waals surface area contributed by atoms with Crippen LogP contribution in [0.25, 0.3) is 11.3 Å². The molecular weight excluding hydrogens is 446 g/mol. The van der Waals surface area contributed by atoms with E-state index in [4.69, 9.17) is 9.47 Å². The van der Waals surface area contributed by atoms with Gasteiger partial charge in [-0.05, 0) is 73.4 Å². The van der Waals surface area contributed by atoms with Crippen molar-refractivity contribution in [2.75, 3.05) is 6.61 Å². The summed E-state index contributed by atoms with van der Waals surface area (Å²) in [6, 6.07) is 19.4. The molecule has 3 rings (SSSR count). The number of pyridine rings is 1. The summed E-state index contributed by atoms with van der Waals surface area (Å²) in [7, 11) is 0. The number of rotatable bonds is 16. The predicted molar refractivity (Wildman–Crippen MR) is 148 cm³/mol. The average molecular weight is 488 g/mol. The van der Waals surface area contributed by atoms with E-state index in [0.717, 1.165) is 36.5 Å². The van der Waals surface area contributed by atoms with Crippen LogP contribution in [-0.2, 0) is 6.42 Å². The summed E-state index contributed by atoms with van der Waals surface area (Å²) in [4.78, 5) is 17.0. The van der Waals surface area contributed by atoms with Crippen molar-refractivity contribution in [3.05, 3.63) is 78.0 Å². The maximum atomic E-state index is 12.5. The Kier molecular flexibility index (Phi) is 12.0. The van der Waals surface area contributed by atoms with Crippen LogP contribution in [0.2, 0.25) is 0 Å². The molecule has 0 N–H and O–H groups in total. The summed E-state index contributed by atoms with van der Waals surface area (Å²) in [6.45, 7) is 5.21. The highest BCUT2D eigenvalue weighted by atomic mass is 16.5. The third-order valence-electron chi connectivity index (χ3n) is 6.37. The van der Waals surface area contributed by atoms with Gasteiger partial charge in [0.1, 0.15) is 11.5 Å². The molecule has 36 heavy (non-hydrogen) atoms. The second-order valence-electron chi connectivity index (χ2n) is 9.42. The van der Waals surface area contributed by atoms with Gasteiger partial charge < -0.3 is 9.47 Å². The second kappa shape index (κ2) is 15.8. The number of esters is 1. The molecule has 0 aliphatic carbocycles. The standard InChI is InChI=1S/C32H41NO3/c1-3-5-7-9-11-13-26-14-16-28(17-15-26)32(34)36-30-22-23-31(33-25-30)27-18-20-29(21-19-27)35-24-12-10-8-6-4-2/h14-23,25H,3-13,24H2,1-2H3. The lowest BCUT2D eigenvalue weighted by atomic mass is 10.0. The number of ether oxygens (including phenoxy) is 2. The molecule has 0 aliphatic heterocycles. The molecule has 0 spiro atoms. The van der Waals surface area contributed by atoms with Crippen molar-refractivity contribution < 1.29 is 14.3 Å². The van der Waals surface area contributed by atoms with Crippen LogP contribution in [0.5, 0.6) is 11.5 Å². The van der Waals surface area contributed by atoms with Crippen LogP contribution in [0.15, 0.2) is 66.9 Å². The molecule has 4 nitrogen and oxygen atoms in total. The SMILES string of the molecule is CCCCCCCOc1ccc(-c2ccc(OC(=O)c3ccc(CCCCCCC)cc3)cn2)cc1. The zero-order chi connectivity index (χ0) is 25.4. The minimum atomic E-state index is -0.366. The minimum Gasteiger partial charge on any atom is -0.494 e. The molecule has 1 aromatic heterocycles. The highest BCUT2D eigenvalue weighted by molar-refractivity contribution is 5.91. The molecule has 2 aromatic carbocycles. The van der Waals surface area contributed by atoms with Crippen LogP contribution in [0.3, 0.4) is 0 Å². The Balaban J connectivity index is 1.45. The number of nitrogens with zero attached hydrogens (tertiary/aromatic N) is 1. The summed E-state index contributed by atoms with van der Waals surface area (Å²) < 4.78 is 11.4. The quantitative estimate of drug-likeness (QED) is 0.150. The van der Waals surface area contributed by atoms with Crippen molar-refractivity contribution in [2.45, 2.75) is 84.5 Å². The minimum absolute atomic E-state index is 0.366. The molecule has 1 heterocycles. The van der Waals surface area contributed by atoms with Crippen LogP contribution in [0.1, 0.15) is 94.0 Å². The van der Waals surface area contributed by atoms with Gasteiger partial charge in [0.15, 0.2) is 0 Å². The maximum absolute atomic E-state index is 12.5. The fourth-order valence-electron chi connectivity index (χ4n) is 4.14. The molecule has 0 unspecified atom stereocenters. The van der Waals surface area contributed by atoms with Gasteiger partial charge in [0.25, 0.3) is 0 Å². The summed E-state index contributed by atoms with van der Waals surface area (Å²) in [5, 5.41) is 0. The lowest BCUT2D eigenvalue weighted by Gasteiger charge is -2.08. The third-order valence-corrected chi connectivity index (χ3v) is 6.37. The van der Waals surface area contributed by atoms with Crippen LogP contribution < -0.4 is 9.47 Å². The van der Waals surface area contributed by atoms with E-state index < -0.39 is 0 Å². The fourth-order valence-corrected chi connectivity index (χ4v) is 4.14.